The van der Waals surface area contributed by atoms with Crippen LogP contribution in [0.4, 0.5) is 0 Å². The lowest BCUT2D eigenvalue weighted by Gasteiger charge is -1.91. The number of rotatable bonds is 2. The maximum Gasteiger partial charge on any atom is 0.109 e. The fourth-order valence-electron chi connectivity index (χ4n) is 1.39. The van der Waals surface area contributed by atoms with Gasteiger partial charge < -0.3 is 4.74 Å². The Balaban J connectivity index is 2.09. The highest BCUT2D eigenvalue weighted by Crippen LogP contribution is 2.40. The second-order valence-electron chi connectivity index (χ2n) is 2.91. The molecule has 1 aromatic rings. The quantitative estimate of drug-likeness (QED) is 0.587. The molecule has 2 atom stereocenters. The van der Waals surface area contributed by atoms with Crippen LogP contribution in [0.2, 0.25) is 0 Å². The lowest BCUT2D eigenvalue weighted by atomic mass is 10.1. The molecule has 11 heavy (non-hydrogen) atoms. The molecule has 0 unspecified atom stereocenters. The molecular weight excluding hydrogens is 136 g/mol. The molecule has 1 saturated heterocycles. The summed E-state index contributed by atoms with van der Waals surface area (Å²) in [5.74, 6) is 0. The molecule has 1 aromatic carbocycles. The van der Waals surface area contributed by atoms with E-state index < -0.39 is 0 Å². The zero-order valence-electron chi connectivity index (χ0n) is 6.66. The summed E-state index contributed by atoms with van der Waals surface area (Å²) < 4.78 is 5.45. The lowest BCUT2D eigenvalue weighted by Crippen LogP contribution is -1.84. The van der Waals surface area contributed by atoms with Gasteiger partial charge in [0, 0.05) is 0 Å². The van der Waals surface area contributed by atoms with Crippen LogP contribution in [0.15, 0.2) is 30.3 Å². The van der Waals surface area contributed by atoms with E-state index in [1.807, 2.05) is 6.07 Å². The Morgan fingerprint density at radius 1 is 1.27 bits per heavy atom. The van der Waals surface area contributed by atoms with Gasteiger partial charge in [-0.3, -0.25) is 0 Å². The number of hydrogen-bond acceptors (Lipinski definition) is 1. The number of hydrogen-bond donors (Lipinski definition) is 0. The summed E-state index contributed by atoms with van der Waals surface area (Å²) in [6.45, 7) is 2.16. The van der Waals surface area contributed by atoms with E-state index in [0.717, 1.165) is 6.42 Å². The summed E-state index contributed by atoms with van der Waals surface area (Å²) in [4.78, 5) is 0. The van der Waals surface area contributed by atoms with Crippen LogP contribution in [0.25, 0.3) is 0 Å². The minimum atomic E-state index is 0.390. The van der Waals surface area contributed by atoms with Crippen molar-refractivity contribution in [2.75, 3.05) is 0 Å². The minimum Gasteiger partial charge on any atom is -0.365 e. The summed E-state index contributed by atoms with van der Waals surface area (Å²) >= 11 is 0. The van der Waals surface area contributed by atoms with Crippen molar-refractivity contribution in [3.8, 4) is 0 Å². The molecule has 1 heterocycles. The van der Waals surface area contributed by atoms with Gasteiger partial charge in [-0.05, 0) is 12.0 Å². The van der Waals surface area contributed by atoms with E-state index in [4.69, 9.17) is 4.74 Å². The van der Waals surface area contributed by atoms with Crippen molar-refractivity contribution in [1.29, 1.82) is 0 Å². The second kappa shape index (κ2) is 2.67. The second-order valence-corrected chi connectivity index (χ2v) is 2.91. The average molecular weight is 148 g/mol. The molecule has 0 bridgehead atoms. The van der Waals surface area contributed by atoms with Crippen molar-refractivity contribution in [1.82, 2.24) is 0 Å². The number of epoxide rings is 1. The van der Waals surface area contributed by atoms with E-state index in [0.29, 0.717) is 12.2 Å². The highest BCUT2D eigenvalue weighted by atomic mass is 16.6. The van der Waals surface area contributed by atoms with Gasteiger partial charge in [0.2, 0.25) is 0 Å². The van der Waals surface area contributed by atoms with Gasteiger partial charge >= 0.3 is 0 Å². The summed E-state index contributed by atoms with van der Waals surface area (Å²) in [6, 6.07) is 10.4. The van der Waals surface area contributed by atoms with Crippen LogP contribution in [0.5, 0.6) is 0 Å². The fourth-order valence-corrected chi connectivity index (χ4v) is 1.39. The predicted octanol–water partition coefficient (Wildman–Crippen LogP) is 2.54. The average Bonchev–Trinajstić information content (AvgIpc) is 2.85. The van der Waals surface area contributed by atoms with Gasteiger partial charge in [0.15, 0.2) is 0 Å². The van der Waals surface area contributed by atoms with Crippen molar-refractivity contribution in [2.45, 2.75) is 25.6 Å². The Morgan fingerprint density at radius 2 is 2.00 bits per heavy atom. The Bertz CT molecular complexity index is 230. The molecule has 0 saturated carbocycles. The summed E-state index contributed by atoms with van der Waals surface area (Å²) in [5, 5.41) is 0. The predicted molar refractivity (Wildman–Crippen MR) is 44.3 cm³/mol. The normalized spacial score (nSPS) is 28.5. The van der Waals surface area contributed by atoms with Crippen LogP contribution < -0.4 is 0 Å². The van der Waals surface area contributed by atoms with E-state index >= 15 is 0 Å². The van der Waals surface area contributed by atoms with Crippen LogP contribution in [-0.4, -0.2) is 6.10 Å². The molecule has 0 spiro atoms. The third-order valence-electron chi connectivity index (χ3n) is 2.11. The summed E-state index contributed by atoms with van der Waals surface area (Å²) in [6.07, 6.45) is 2.00. The standard InChI is InChI=1S/C10H12O/c1-2-9-10(11-9)8-6-4-3-5-7-8/h3-7,9-10H,2H2,1H3/t9-,10-/m1/s1. The van der Waals surface area contributed by atoms with Gasteiger partial charge in [-0.2, -0.15) is 0 Å². The topological polar surface area (TPSA) is 12.5 Å². The Morgan fingerprint density at radius 3 is 2.55 bits per heavy atom. The zero-order chi connectivity index (χ0) is 7.68. The molecule has 0 amide bonds. The molecule has 1 heteroatoms. The largest absolute Gasteiger partial charge is 0.365 e. The van der Waals surface area contributed by atoms with Crippen LogP contribution in [0.3, 0.4) is 0 Å². The molecule has 1 aliphatic rings. The van der Waals surface area contributed by atoms with Gasteiger partial charge in [-0.15, -0.1) is 0 Å². The molecule has 58 valence electrons. The molecule has 0 radical (unpaired) electrons. The highest BCUT2D eigenvalue weighted by molar-refractivity contribution is 5.21. The molecule has 1 fully saturated rings. The Labute approximate surface area is 67.0 Å². The van der Waals surface area contributed by atoms with E-state index in [2.05, 4.69) is 31.2 Å². The Hall–Kier alpha value is -0.820. The smallest absolute Gasteiger partial charge is 0.109 e. The van der Waals surface area contributed by atoms with Crippen molar-refractivity contribution >= 4 is 0 Å². The molecule has 1 nitrogen and oxygen atoms in total. The zero-order valence-corrected chi connectivity index (χ0v) is 6.66. The molecular formula is C10H12O. The van der Waals surface area contributed by atoms with Crippen LogP contribution in [-0.2, 0) is 4.74 Å². The minimum absolute atomic E-state index is 0.390. The molecule has 2 rings (SSSR count). The molecule has 0 aromatic heterocycles. The van der Waals surface area contributed by atoms with Crippen molar-refractivity contribution in [2.24, 2.45) is 0 Å². The highest BCUT2D eigenvalue weighted by Gasteiger charge is 2.37. The number of benzene rings is 1. The van der Waals surface area contributed by atoms with Crippen molar-refractivity contribution < 1.29 is 4.74 Å². The lowest BCUT2D eigenvalue weighted by molar-refractivity contribution is 0.370. The first kappa shape index (κ1) is 6.86. The van der Waals surface area contributed by atoms with Crippen LogP contribution in [0, 0.1) is 0 Å². The first-order valence-corrected chi connectivity index (χ1v) is 4.12. The van der Waals surface area contributed by atoms with Crippen molar-refractivity contribution in [3.05, 3.63) is 35.9 Å². The first-order chi connectivity index (χ1) is 5.42. The fraction of sp³-hybridized carbons (Fsp3) is 0.400. The first-order valence-electron chi connectivity index (χ1n) is 4.12. The molecule has 1 aliphatic heterocycles. The Kier molecular flexibility index (Phi) is 1.66. The van der Waals surface area contributed by atoms with Gasteiger partial charge in [0.05, 0.1) is 6.10 Å². The third kappa shape index (κ3) is 1.29. The van der Waals surface area contributed by atoms with Crippen LogP contribution in [0.1, 0.15) is 25.0 Å². The van der Waals surface area contributed by atoms with Crippen LogP contribution >= 0.6 is 0 Å². The van der Waals surface area contributed by atoms with E-state index in [1.165, 1.54) is 5.56 Å². The molecule has 0 aliphatic carbocycles. The molecule has 0 N–H and O–H groups in total. The maximum absolute atomic E-state index is 5.45. The summed E-state index contributed by atoms with van der Waals surface area (Å²) in [5.41, 5.74) is 1.32. The van der Waals surface area contributed by atoms with Gasteiger partial charge in [0.1, 0.15) is 6.10 Å². The number of ether oxygens (including phenoxy) is 1. The SMILES string of the molecule is CC[C@H]1O[C@@H]1c1ccccc1. The van der Waals surface area contributed by atoms with Crippen molar-refractivity contribution in [3.63, 3.8) is 0 Å². The van der Waals surface area contributed by atoms with E-state index in [1.54, 1.807) is 0 Å². The monoisotopic (exact) mass is 148 g/mol. The van der Waals surface area contributed by atoms with Gasteiger partial charge in [-0.1, -0.05) is 37.3 Å². The van der Waals surface area contributed by atoms with E-state index in [9.17, 15) is 0 Å². The third-order valence-corrected chi connectivity index (χ3v) is 2.11. The van der Waals surface area contributed by atoms with Gasteiger partial charge in [0.25, 0.3) is 0 Å². The summed E-state index contributed by atoms with van der Waals surface area (Å²) in [7, 11) is 0. The van der Waals surface area contributed by atoms with Gasteiger partial charge in [-0.25, -0.2) is 0 Å². The maximum atomic E-state index is 5.45. The van der Waals surface area contributed by atoms with E-state index in [-0.39, 0.29) is 0 Å².